The smallest absolute Gasteiger partial charge is 0.0900 e. The fourth-order valence-electron chi connectivity index (χ4n) is 2.38. The number of rotatable bonds is 3. The molecule has 2 rings (SSSR count). The first-order valence-corrected chi connectivity index (χ1v) is 7.18. The van der Waals surface area contributed by atoms with Gasteiger partial charge in [-0.25, -0.2) is 4.98 Å². The molecule has 1 aliphatic heterocycles. The highest BCUT2D eigenvalue weighted by molar-refractivity contribution is 7.11. The quantitative estimate of drug-likeness (QED) is 0.896. The molecule has 4 heteroatoms. The number of hydrogen-bond acceptors (Lipinski definition) is 4. The lowest BCUT2D eigenvalue weighted by Gasteiger charge is -2.39. The molecule has 0 saturated carbocycles. The van der Waals surface area contributed by atoms with Gasteiger partial charge in [0.25, 0.3) is 0 Å². The summed E-state index contributed by atoms with van der Waals surface area (Å²) < 4.78 is 0. The molecule has 0 aromatic carbocycles. The van der Waals surface area contributed by atoms with Gasteiger partial charge in [-0.15, -0.1) is 11.3 Å². The highest BCUT2D eigenvalue weighted by Gasteiger charge is 2.28. The van der Waals surface area contributed by atoms with Crippen molar-refractivity contribution in [2.45, 2.75) is 45.7 Å². The molecule has 0 spiro atoms. The van der Waals surface area contributed by atoms with E-state index in [2.05, 4.69) is 43.0 Å². The van der Waals surface area contributed by atoms with Crippen LogP contribution >= 0.6 is 11.3 Å². The zero-order valence-electron chi connectivity index (χ0n) is 11.3. The third kappa shape index (κ3) is 3.06. The third-order valence-electron chi connectivity index (χ3n) is 3.93. The van der Waals surface area contributed by atoms with Crippen LogP contribution in [0.25, 0.3) is 0 Å². The van der Waals surface area contributed by atoms with Crippen molar-refractivity contribution >= 4 is 11.3 Å². The molecule has 0 bridgehead atoms. The molecule has 1 saturated heterocycles. The number of aromatic nitrogens is 1. The Morgan fingerprint density at radius 3 is 2.47 bits per heavy atom. The fourth-order valence-corrected chi connectivity index (χ4v) is 3.36. The van der Waals surface area contributed by atoms with Crippen LogP contribution in [0.5, 0.6) is 0 Å². The van der Waals surface area contributed by atoms with Crippen molar-refractivity contribution in [2.75, 3.05) is 20.1 Å². The first kappa shape index (κ1) is 13.0. The number of aryl methyl sites for hydroxylation is 2. The Kier molecular flexibility index (Phi) is 3.85. The van der Waals surface area contributed by atoms with Crippen LogP contribution in [0.2, 0.25) is 0 Å². The minimum absolute atomic E-state index is 0.342. The van der Waals surface area contributed by atoms with Gasteiger partial charge in [0.15, 0.2) is 0 Å². The Bertz CT molecular complexity index is 378. The van der Waals surface area contributed by atoms with Crippen LogP contribution in [-0.4, -0.2) is 35.6 Å². The lowest BCUT2D eigenvalue weighted by molar-refractivity contribution is 0.147. The second kappa shape index (κ2) is 5.04. The van der Waals surface area contributed by atoms with Gasteiger partial charge in [0, 0.05) is 30.1 Å². The van der Waals surface area contributed by atoms with Gasteiger partial charge in [0.1, 0.15) is 0 Å². The molecule has 2 heterocycles. The van der Waals surface area contributed by atoms with Crippen LogP contribution in [0.3, 0.4) is 0 Å². The standard InChI is InChI=1S/C13H23N3S/c1-10-12(17-11(2)15-10)9-16-7-5-13(3,14-4)6-8-16/h14H,5-9H2,1-4H3. The number of nitrogens with one attached hydrogen (secondary N) is 1. The third-order valence-corrected chi connectivity index (χ3v) is 4.99. The first-order chi connectivity index (χ1) is 8.02. The average molecular weight is 253 g/mol. The van der Waals surface area contributed by atoms with Gasteiger partial charge in [-0.3, -0.25) is 4.90 Å². The average Bonchev–Trinajstić information content (AvgIpc) is 2.61. The van der Waals surface area contributed by atoms with E-state index in [0.717, 1.165) is 6.54 Å². The van der Waals surface area contributed by atoms with Crippen LogP contribution in [-0.2, 0) is 6.54 Å². The lowest BCUT2D eigenvalue weighted by atomic mass is 9.90. The first-order valence-electron chi connectivity index (χ1n) is 6.36. The molecule has 0 aliphatic carbocycles. The molecule has 1 fully saturated rings. The van der Waals surface area contributed by atoms with Crippen LogP contribution in [0.15, 0.2) is 0 Å². The summed E-state index contributed by atoms with van der Waals surface area (Å²) in [6.45, 7) is 10.0. The van der Waals surface area contributed by atoms with Gasteiger partial charge in [-0.2, -0.15) is 0 Å². The van der Waals surface area contributed by atoms with E-state index in [1.807, 2.05) is 11.3 Å². The maximum atomic E-state index is 4.50. The zero-order chi connectivity index (χ0) is 12.5. The molecular weight excluding hydrogens is 230 g/mol. The maximum Gasteiger partial charge on any atom is 0.0900 e. The highest BCUT2D eigenvalue weighted by Crippen LogP contribution is 2.25. The van der Waals surface area contributed by atoms with Crippen molar-refractivity contribution in [2.24, 2.45) is 0 Å². The number of piperidine rings is 1. The van der Waals surface area contributed by atoms with Gasteiger partial charge >= 0.3 is 0 Å². The van der Waals surface area contributed by atoms with Crippen molar-refractivity contribution in [1.82, 2.24) is 15.2 Å². The van der Waals surface area contributed by atoms with E-state index in [0.29, 0.717) is 5.54 Å². The van der Waals surface area contributed by atoms with Crippen LogP contribution in [0, 0.1) is 13.8 Å². The van der Waals surface area contributed by atoms with Crippen molar-refractivity contribution < 1.29 is 0 Å². The molecule has 17 heavy (non-hydrogen) atoms. The van der Waals surface area contributed by atoms with Gasteiger partial charge in [0.2, 0.25) is 0 Å². The predicted octanol–water partition coefficient (Wildman–Crippen LogP) is 2.33. The highest BCUT2D eigenvalue weighted by atomic mass is 32.1. The largest absolute Gasteiger partial charge is 0.314 e. The summed E-state index contributed by atoms with van der Waals surface area (Å²) in [5.74, 6) is 0. The summed E-state index contributed by atoms with van der Waals surface area (Å²) in [7, 11) is 2.08. The lowest BCUT2D eigenvalue weighted by Crippen LogP contribution is -2.49. The molecule has 0 atom stereocenters. The summed E-state index contributed by atoms with van der Waals surface area (Å²) in [6, 6.07) is 0. The number of nitrogens with zero attached hydrogens (tertiary/aromatic N) is 2. The number of likely N-dealkylation sites (tertiary alicyclic amines) is 1. The summed E-state index contributed by atoms with van der Waals surface area (Å²) in [5, 5.41) is 4.63. The van der Waals surface area contributed by atoms with E-state index in [9.17, 15) is 0 Å². The SMILES string of the molecule is CNC1(C)CCN(Cc2sc(C)nc2C)CC1. The second-order valence-electron chi connectivity index (χ2n) is 5.33. The van der Waals surface area contributed by atoms with Crippen molar-refractivity contribution in [3.8, 4) is 0 Å². The van der Waals surface area contributed by atoms with Gasteiger partial charge in [-0.05, 0) is 40.7 Å². The minimum Gasteiger partial charge on any atom is -0.314 e. The predicted molar refractivity (Wildman–Crippen MR) is 73.6 cm³/mol. The molecule has 0 amide bonds. The second-order valence-corrected chi connectivity index (χ2v) is 6.62. The summed E-state index contributed by atoms with van der Waals surface area (Å²) in [5.41, 5.74) is 1.56. The normalized spacial score (nSPS) is 20.7. The maximum absolute atomic E-state index is 4.50. The molecule has 3 nitrogen and oxygen atoms in total. The van der Waals surface area contributed by atoms with Crippen molar-refractivity contribution in [3.05, 3.63) is 15.6 Å². The summed E-state index contributed by atoms with van der Waals surface area (Å²) in [4.78, 5) is 8.50. The van der Waals surface area contributed by atoms with Crippen molar-refractivity contribution in [1.29, 1.82) is 0 Å². The van der Waals surface area contributed by atoms with Crippen LogP contribution < -0.4 is 5.32 Å². The topological polar surface area (TPSA) is 28.2 Å². The monoisotopic (exact) mass is 253 g/mol. The van der Waals surface area contributed by atoms with Crippen LogP contribution in [0.4, 0.5) is 0 Å². The van der Waals surface area contributed by atoms with E-state index in [4.69, 9.17) is 0 Å². The summed E-state index contributed by atoms with van der Waals surface area (Å²) in [6.07, 6.45) is 2.47. The van der Waals surface area contributed by atoms with Gasteiger partial charge in [-0.1, -0.05) is 0 Å². The molecule has 1 aromatic rings. The van der Waals surface area contributed by atoms with E-state index < -0.39 is 0 Å². The Hall–Kier alpha value is -0.450. The zero-order valence-corrected chi connectivity index (χ0v) is 12.2. The van der Waals surface area contributed by atoms with E-state index in [1.165, 1.54) is 41.5 Å². The molecule has 1 aliphatic rings. The number of thiazole rings is 1. The van der Waals surface area contributed by atoms with E-state index in [1.54, 1.807) is 0 Å². The van der Waals surface area contributed by atoms with Gasteiger partial charge in [0.05, 0.1) is 10.7 Å². The molecular formula is C13H23N3S. The molecule has 1 aromatic heterocycles. The van der Waals surface area contributed by atoms with Gasteiger partial charge < -0.3 is 5.32 Å². The fraction of sp³-hybridized carbons (Fsp3) is 0.769. The van der Waals surface area contributed by atoms with E-state index >= 15 is 0 Å². The Balaban J connectivity index is 1.92. The van der Waals surface area contributed by atoms with Crippen LogP contribution in [0.1, 0.15) is 35.3 Å². The summed E-state index contributed by atoms with van der Waals surface area (Å²) >= 11 is 1.85. The molecule has 1 N–H and O–H groups in total. The Morgan fingerprint density at radius 1 is 1.35 bits per heavy atom. The Morgan fingerprint density at radius 2 is 2.00 bits per heavy atom. The number of hydrogen-bond donors (Lipinski definition) is 1. The molecule has 96 valence electrons. The van der Waals surface area contributed by atoms with Crippen molar-refractivity contribution in [3.63, 3.8) is 0 Å². The molecule has 0 unspecified atom stereocenters. The molecule has 0 radical (unpaired) electrons. The van der Waals surface area contributed by atoms with E-state index in [-0.39, 0.29) is 0 Å². The minimum atomic E-state index is 0.342. The Labute approximate surface area is 108 Å².